The Kier molecular flexibility index (Phi) is 7.68. The molecule has 1 aliphatic heterocycles. The lowest BCUT2D eigenvalue weighted by Gasteiger charge is -2.44. The number of carbonyl (C=O) groups is 1. The molecule has 2 rings (SSSR count). The number of carbonyl (C=O) groups excluding carboxylic acids is 1. The Balaban J connectivity index is 1.69. The molecule has 0 bridgehead atoms. The zero-order chi connectivity index (χ0) is 20.0. The summed E-state index contributed by atoms with van der Waals surface area (Å²) in [6, 6.07) is 0.592. The van der Waals surface area contributed by atoms with Gasteiger partial charge in [-0.3, -0.25) is 4.90 Å². The fourth-order valence-electron chi connectivity index (χ4n) is 3.72. The first-order valence-electron chi connectivity index (χ1n) is 10.1. The molecular formula is C20H38N6O. The van der Waals surface area contributed by atoms with Crippen LogP contribution in [0.25, 0.3) is 0 Å². The van der Waals surface area contributed by atoms with Crippen LogP contribution >= 0.6 is 0 Å². The highest BCUT2D eigenvalue weighted by Crippen LogP contribution is 2.22. The summed E-state index contributed by atoms with van der Waals surface area (Å²) in [5, 5.41) is 6.06. The van der Waals surface area contributed by atoms with Gasteiger partial charge >= 0.3 is 6.03 Å². The molecular weight excluding hydrogens is 340 g/mol. The predicted molar refractivity (Wildman–Crippen MR) is 110 cm³/mol. The molecule has 7 heteroatoms. The average molecular weight is 379 g/mol. The minimum atomic E-state index is -0.0829. The lowest BCUT2D eigenvalue weighted by molar-refractivity contribution is 0.0631. The van der Waals surface area contributed by atoms with Crippen molar-refractivity contribution in [3.8, 4) is 0 Å². The standard InChI is InChI=1S/C20H38N6O/c1-16(14-25-12-9-21-17(25)2)13-22-19(27)23-15-20(3,4)26-10-7-18(8-11-26)24(5)6/h9,12,16,18H,7-8,10-11,13-15H2,1-6H3,(H2,22,23,27). The van der Waals surface area contributed by atoms with Gasteiger partial charge in [0.05, 0.1) is 0 Å². The van der Waals surface area contributed by atoms with E-state index in [1.807, 2.05) is 19.3 Å². The molecule has 1 saturated heterocycles. The first-order chi connectivity index (χ1) is 12.7. The normalized spacial score (nSPS) is 17.9. The molecule has 2 heterocycles. The lowest BCUT2D eigenvalue weighted by atomic mass is 9.96. The molecule has 2 amide bonds. The number of urea groups is 1. The number of rotatable bonds is 8. The highest BCUT2D eigenvalue weighted by molar-refractivity contribution is 5.73. The number of amides is 2. The highest BCUT2D eigenvalue weighted by atomic mass is 16.2. The zero-order valence-electron chi connectivity index (χ0n) is 18.0. The van der Waals surface area contributed by atoms with Crippen LogP contribution in [0.2, 0.25) is 0 Å². The van der Waals surface area contributed by atoms with Crippen molar-refractivity contribution in [1.29, 1.82) is 0 Å². The van der Waals surface area contributed by atoms with Crippen LogP contribution in [0.5, 0.6) is 0 Å². The van der Waals surface area contributed by atoms with Crippen LogP contribution in [-0.4, -0.2) is 77.2 Å². The summed E-state index contributed by atoms with van der Waals surface area (Å²) in [5.74, 6) is 1.35. The molecule has 1 fully saturated rings. The Labute approximate surface area is 164 Å². The summed E-state index contributed by atoms with van der Waals surface area (Å²) < 4.78 is 2.12. The Morgan fingerprint density at radius 1 is 1.33 bits per heavy atom. The molecule has 2 N–H and O–H groups in total. The third-order valence-electron chi connectivity index (χ3n) is 5.78. The largest absolute Gasteiger partial charge is 0.338 e. The van der Waals surface area contributed by atoms with E-state index >= 15 is 0 Å². The van der Waals surface area contributed by atoms with Crippen LogP contribution in [0, 0.1) is 12.8 Å². The monoisotopic (exact) mass is 378 g/mol. The van der Waals surface area contributed by atoms with Crippen LogP contribution in [0.1, 0.15) is 39.4 Å². The minimum absolute atomic E-state index is 0.0336. The van der Waals surface area contributed by atoms with E-state index in [4.69, 9.17) is 0 Å². The molecule has 1 aromatic heterocycles. The smallest absolute Gasteiger partial charge is 0.314 e. The van der Waals surface area contributed by atoms with Crippen LogP contribution in [0.4, 0.5) is 4.79 Å². The van der Waals surface area contributed by atoms with E-state index in [1.165, 1.54) is 12.8 Å². The van der Waals surface area contributed by atoms with Gasteiger partial charge in [-0.25, -0.2) is 9.78 Å². The number of aromatic nitrogens is 2. The lowest BCUT2D eigenvalue weighted by Crippen LogP contribution is -2.56. The van der Waals surface area contributed by atoms with Crippen molar-refractivity contribution in [3.05, 3.63) is 18.2 Å². The molecule has 27 heavy (non-hydrogen) atoms. The third kappa shape index (κ3) is 6.50. The maximum Gasteiger partial charge on any atom is 0.314 e. The summed E-state index contributed by atoms with van der Waals surface area (Å²) in [4.78, 5) is 21.3. The SMILES string of the molecule is Cc1nccn1CC(C)CNC(=O)NCC(C)(C)N1CCC(N(C)C)CC1. The van der Waals surface area contributed by atoms with Crippen molar-refractivity contribution in [1.82, 2.24) is 30.0 Å². The van der Waals surface area contributed by atoms with Gasteiger partial charge in [-0.05, 0) is 53.6 Å². The first kappa shape index (κ1) is 21.7. The number of likely N-dealkylation sites (tertiary alicyclic amines) is 1. The molecule has 0 aromatic carbocycles. The van der Waals surface area contributed by atoms with Gasteiger partial charge in [0.2, 0.25) is 0 Å². The summed E-state index contributed by atoms with van der Waals surface area (Å²) in [7, 11) is 4.32. The average Bonchev–Trinajstić information content (AvgIpc) is 3.03. The fraction of sp³-hybridized carbons (Fsp3) is 0.800. The van der Waals surface area contributed by atoms with Gasteiger partial charge in [-0.1, -0.05) is 6.92 Å². The van der Waals surface area contributed by atoms with E-state index < -0.39 is 0 Å². The Morgan fingerprint density at radius 3 is 2.56 bits per heavy atom. The van der Waals surface area contributed by atoms with E-state index in [2.05, 4.69) is 64.9 Å². The molecule has 1 atom stereocenters. The maximum absolute atomic E-state index is 12.2. The second-order valence-electron chi connectivity index (χ2n) is 8.79. The van der Waals surface area contributed by atoms with Crippen LogP contribution in [-0.2, 0) is 6.54 Å². The summed E-state index contributed by atoms with van der Waals surface area (Å²) in [5.41, 5.74) is -0.0336. The molecule has 1 aromatic rings. The van der Waals surface area contributed by atoms with Crippen LogP contribution in [0.15, 0.2) is 12.4 Å². The topological polar surface area (TPSA) is 65.4 Å². The number of piperidine rings is 1. The Bertz CT molecular complexity index is 589. The number of aryl methyl sites for hydroxylation is 1. The Hall–Kier alpha value is -1.60. The highest BCUT2D eigenvalue weighted by Gasteiger charge is 2.31. The second-order valence-corrected chi connectivity index (χ2v) is 8.79. The summed E-state index contributed by atoms with van der Waals surface area (Å²) in [6.07, 6.45) is 6.17. The van der Waals surface area contributed by atoms with Gasteiger partial charge in [0, 0.05) is 56.7 Å². The summed E-state index contributed by atoms with van der Waals surface area (Å²) in [6.45, 7) is 12.9. The van der Waals surface area contributed by atoms with E-state index in [0.717, 1.165) is 25.5 Å². The second kappa shape index (κ2) is 9.55. The summed E-state index contributed by atoms with van der Waals surface area (Å²) >= 11 is 0. The van der Waals surface area contributed by atoms with Gasteiger partial charge in [-0.15, -0.1) is 0 Å². The number of nitrogens with one attached hydrogen (secondary N) is 2. The van der Waals surface area contributed by atoms with Crippen molar-refractivity contribution in [2.45, 2.75) is 58.7 Å². The molecule has 154 valence electrons. The molecule has 0 aliphatic carbocycles. The maximum atomic E-state index is 12.2. The van der Waals surface area contributed by atoms with Gasteiger partial charge in [0.1, 0.15) is 5.82 Å². The molecule has 7 nitrogen and oxygen atoms in total. The van der Waals surface area contributed by atoms with Gasteiger partial charge < -0.3 is 20.1 Å². The quantitative estimate of drug-likeness (QED) is 0.725. The van der Waals surface area contributed by atoms with E-state index in [9.17, 15) is 4.79 Å². The van der Waals surface area contributed by atoms with Crippen molar-refractivity contribution in [3.63, 3.8) is 0 Å². The molecule has 0 saturated carbocycles. The van der Waals surface area contributed by atoms with Gasteiger partial charge in [-0.2, -0.15) is 0 Å². The van der Waals surface area contributed by atoms with E-state index in [1.54, 1.807) is 0 Å². The van der Waals surface area contributed by atoms with Crippen molar-refractivity contribution in [2.75, 3.05) is 40.3 Å². The first-order valence-corrected chi connectivity index (χ1v) is 10.1. The molecule has 0 radical (unpaired) electrons. The number of imidazole rings is 1. The van der Waals surface area contributed by atoms with E-state index in [-0.39, 0.29) is 11.6 Å². The predicted octanol–water partition coefficient (Wildman–Crippen LogP) is 1.93. The van der Waals surface area contributed by atoms with E-state index in [0.29, 0.717) is 25.0 Å². The fourth-order valence-corrected chi connectivity index (χ4v) is 3.72. The van der Waals surface area contributed by atoms with Crippen LogP contribution < -0.4 is 10.6 Å². The van der Waals surface area contributed by atoms with Crippen molar-refractivity contribution < 1.29 is 4.79 Å². The zero-order valence-corrected chi connectivity index (χ0v) is 18.0. The Morgan fingerprint density at radius 2 is 2.00 bits per heavy atom. The van der Waals surface area contributed by atoms with Crippen LogP contribution in [0.3, 0.4) is 0 Å². The molecule has 0 spiro atoms. The minimum Gasteiger partial charge on any atom is -0.338 e. The number of hydrogen-bond donors (Lipinski definition) is 2. The molecule has 1 unspecified atom stereocenters. The van der Waals surface area contributed by atoms with Gasteiger partial charge in [0.15, 0.2) is 0 Å². The van der Waals surface area contributed by atoms with Gasteiger partial charge in [0.25, 0.3) is 0 Å². The van der Waals surface area contributed by atoms with Crippen molar-refractivity contribution in [2.24, 2.45) is 5.92 Å². The van der Waals surface area contributed by atoms with Crippen molar-refractivity contribution >= 4 is 6.03 Å². The third-order valence-corrected chi connectivity index (χ3v) is 5.78. The number of hydrogen-bond acceptors (Lipinski definition) is 4. The number of nitrogens with zero attached hydrogens (tertiary/aromatic N) is 4. The molecule has 1 aliphatic rings.